The molecule has 1 radical (unpaired) electrons. The summed E-state index contributed by atoms with van der Waals surface area (Å²) in [5.74, 6) is -0.00600. The van der Waals surface area contributed by atoms with Crippen molar-refractivity contribution < 1.29 is 61.6 Å². The molecule has 1 aromatic rings. The van der Waals surface area contributed by atoms with Gasteiger partial charge in [-0.1, -0.05) is 0 Å². The van der Waals surface area contributed by atoms with Gasteiger partial charge in [-0.2, -0.15) is 4.98 Å². The van der Waals surface area contributed by atoms with Gasteiger partial charge in [0.15, 0.2) is 6.23 Å². The van der Waals surface area contributed by atoms with Crippen molar-refractivity contribution in [1.82, 2.24) is 9.55 Å². The van der Waals surface area contributed by atoms with Crippen LogP contribution in [0.25, 0.3) is 0 Å². The molecule has 0 aromatic carbocycles. The van der Waals surface area contributed by atoms with E-state index in [1.54, 1.807) is 0 Å². The van der Waals surface area contributed by atoms with Gasteiger partial charge in [0.1, 0.15) is 24.1 Å². The van der Waals surface area contributed by atoms with E-state index in [2.05, 4.69) is 16.2 Å². The summed E-state index contributed by atoms with van der Waals surface area (Å²) in [5, 5.41) is 19.7. The molecular formula is C10H14N3O7PY-2. The van der Waals surface area contributed by atoms with Crippen molar-refractivity contribution in [2.24, 2.45) is 0 Å². The summed E-state index contributed by atoms with van der Waals surface area (Å²) in [5.41, 5.74) is 4.56. The summed E-state index contributed by atoms with van der Waals surface area (Å²) in [6.45, 7) is 2.24. The topological polar surface area (TPSA) is 160 Å². The van der Waals surface area contributed by atoms with E-state index in [0.29, 0.717) is 0 Å². The average Bonchev–Trinajstić information content (AvgIpc) is 2.64. The molecule has 1 saturated heterocycles. The third-order valence-corrected chi connectivity index (χ3v) is 3.44. The molecule has 0 spiro atoms. The Morgan fingerprint density at radius 2 is 2.18 bits per heavy atom. The monoisotopic (exact) mass is 408 g/mol. The molecule has 2 unspecified atom stereocenters. The molecule has 0 saturated carbocycles. The van der Waals surface area contributed by atoms with Crippen LogP contribution in [-0.2, 0) is 46.5 Å². The number of aliphatic hydroxyl groups excluding tert-OH is 2. The molecule has 1 aliphatic rings. The van der Waals surface area contributed by atoms with Crippen LogP contribution in [-0.4, -0.2) is 44.7 Å². The van der Waals surface area contributed by atoms with E-state index in [1.165, 1.54) is 12.3 Å². The first-order valence-corrected chi connectivity index (χ1v) is 7.58. The third kappa shape index (κ3) is 4.66. The predicted octanol–water partition coefficient (Wildman–Crippen LogP) is -2.20. The Labute approximate surface area is 150 Å². The minimum Gasteiger partial charge on any atom is -0.803 e. The van der Waals surface area contributed by atoms with E-state index in [-0.39, 0.29) is 38.5 Å². The van der Waals surface area contributed by atoms with Gasteiger partial charge in [0.2, 0.25) is 0 Å². The largest absolute Gasteiger partial charge is 0.803 e. The van der Waals surface area contributed by atoms with Crippen molar-refractivity contribution >= 4 is 13.4 Å². The first kappa shape index (κ1) is 19.9. The number of ether oxygens (including phenoxy) is 1. The molecule has 121 valence electrons. The smallest absolute Gasteiger partial charge is 0.351 e. The first-order valence-electron chi connectivity index (χ1n) is 5.85. The van der Waals surface area contributed by atoms with Gasteiger partial charge in [-0.3, -0.25) is 11.2 Å². The number of nitrogen functional groups attached to an aromatic ring is 1. The number of aliphatic hydroxyl groups is 2. The normalized spacial score (nSPS) is 30.5. The average molecular weight is 408 g/mol. The number of nitrogens with zero attached hydrogens (tertiary/aromatic N) is 2. The molecule has 2 rings (SSSR count). The number of hydrogen-bond acceptors (Lipinski definition) is 9. The van der Waals surface area contributed by atoms with Crippen LogP contribution in [0.3, 0.4) is 0 Å². The molecule has 1 fully saturated rings. The van der Waals surface area contributed by atoms with Crippen molar-refractivity contribution in [3.8, 4) is 0 Å². The van der Waals surface area contributed by atoms with Crippen molar-refractivity contribution in [3.63, 3.8) is 0 Å². The molecule has 12 heteroatoms. The van der Waals surface area contributed by atoms with Gasteiger partial charge in [0.25, 0.3) is 0 Å². The van der Waals surface area contributed by atoms with Crippen LogP contribution in [0.4, 0.5) is 5.82 Å². The molecule has 4 N–H and O–H groups in total. The zero-order chi connectivity index (χ0) is 15.8. The maximum absolute atomic E-state index is 11.7. The standard InChI is InChI=1S/C10H15N3O7P.Y/c1-21(17,18)19-4-5-7(14)8(15)9(20-5)13-3-2-6(11)12-10(13)16;/h2-3,5,7-9,14-15H,1,4H2,(H,17,18)(H2,11,12,16);/q-1;/p-1/t5-,7+,8?,9-;/m1./s1. The van der Waals surface area contributed by atoms with Crippen molar-refractivity contribution in [1.29, 1.82) is 0 Å². The summed E-state index contributed by atoms with van der Waals surface area (Å²) in [4.78, 5) is 26.0. The first-order chi connectivity index (χ1) is 9.69. The summed E-state index contributed by atoms with van der Waals surface area (Å²) < 4.78 is 21.5. The summed E-state index contributed by atoms with van der Waals surface area (Å²) >= 11 is 0. The minimum atomic E-state index is -4.24. The fourth-order valence-electron chi connectivity index (χ4n) is 1.90. The summed E-state index contributed by atoms with van der Waals surface area (Å²) in [6, 6.07) is 1.31. The third-order valence-electron chi connectivity index (χ3n) is 2.90. The van der Waals surface area contributed by atoms with Crippen LogP contribution in [0.15, 0.2) is 17.1 Å². The molecule has 2 heterocycles. The Bertz CT molecular complexity index is 621. The van der Waals surface area contributed by atoms with Gasteiger partial charge < -0.3 is 34.7 Å². The fourth-order valence-corrected chi connectivity index (χ4v) is 2.28. The molecule has 5 atom stereocenters. The van der Waals surface area contributed by atoms with Crippen molar-refractivity contribution in [3.05, 3.63) is 29.4 Å². The molecule has 1 aromatic heterocycles. The Hall–Kier alpha value is -0.186. The van der Waals surface area contributed by atoms with Crippen LogP contribution in [0.1, 0.15) is 6.23 Å². The zero-order valence-corrected chi connectivity index (χ0v) is 15.0. The molecule has 1 aliphatic heterocycles. The van der Waals surface area contributed by atoms with E-state index in [1.807, 2.05) is 0 Å². The van der Waals surface area contributed by atoms with E-state index < -0.39 is 44.4 Å². The van der Waals surface area contributed by atoms with Crippen LogP contribution >= 0.6 is 7.60 Å². The quantitative estimate of drug-likeness (QED) is 0.371. The Morgan fingerprint density at radius 3 is 2.73 bits per heavy atom. The number of aromatic nitrogens is 2. The van der Waals surface area contributed by atoms with E-state index >= 15 is 0 Å². The molecule has 0 bridgehead atoms. The maximum Gasteiger partial charge on any atom is 0.351 e. The van der Waals surface area contributed by atoms with Gasteiger partial charge in [-0.05, 0) is 13.7 Å². The maximum atomic E-state index is 11.7. The van der Waals surface area contributed by atoms with Gasteiger partial charge in [0.05, 0.1) is 6.61 Å². The second-order valence-electron chi connectivity index (χ2n) is 4.50. The van der Waals surface area contributed by atoms with Crippen molar-refractivity contribution in [2.45, 2.75) is 24.5 Å². The SMILES string of the molecule is [CH2-]P(=O)([O-])OC[C@H]1O[C@@H](n2ccc(N)nc2=O)C(O)[C@H]1O.[Y]. The molecular weight excluding hydrogens is 394 g/mol. The van der Waals surface area contributed by atoms with E-state index in [0.717, 1.165) is 4.57 Å². The Balaban J connectivity index is 0.00000242. The zero-order valence-electron chi connectivity index (χ0n) is 11.3. The van der Waals surface area contributed by atoms with Gasteiger partial charge in [0, 0.05) is 38.9 Å². The van der Waals surface area contributed by atoms with Gasteiger partial charge in [-0.25, -0.2) is 4.79 Å². The Morgan fingerprint density at radius 1 is 1.55 bits per heavy atom. The van der Waals surface area contributed by atoms with Crippen LogP contribution < -0.4 is 16.3 Å². The second kappa shape index (κ2) is 7.59. The molecule has 0 aliphatic carbocycles. The summed E-state index contributed by atoms with van der Waals surface area (Å²) in [7, 11) is -4.24. The number of anilines is 1. The van der Waals surface area contributed by atoms with Crippen LogP contribution in [0, 0.1) is 6.66 Å². The fraction of sp³-hybridized carbons (Fsp3) is 0.500. The minimum absolute atomic E-state index is 0. The van der Waals surface area contributed by atoms with Gasteiger partial charge in [-0.15, -0.1) is 0 Å². The number of rotatable bonds is 4. The second-order valence-corrected chi connectivity index (χ2v) is 5.98. The van der Waals surface area contributed by atoms with Crippen LogP contribution in [0.2, 0.25) is 0 Å². The number of nitrogens with two attached hydrogens (primary N) is 1. The van der Waals surface area contributed by atoms with Crippen LogP contribution in [0.5, 0.6) is 0 Å². The van der Waals surface area contributed by atoms with E-state index in [4.69, 9.17) is 10.5 Å². The molecule has 10 nitrogen and oxygen atoms in total. The number of hydrogen-bond donors (Lipinski definition) is 3. The van der Waals surface area contributed by atoms with Crippen molar-refractivity contribution in [2.75, 3.05) is 12.3 Å². The van der Waals surface area contributed by atoms with E-state index in [9.17, 15) is 24.5 Å². The predicted molar refractivity (Wildman–Crippen MR) is 67.7 cm³/mol. The van der Waals surface area contributed by atoms with Gasteiger partial charge >= 0.3 is 5.69 Å². The molecule has 22 heavy (non-hydrogen) atoms. The Kier molecular flexibility index (Phi) is 6.85. The summed E-state index contributed by atoms with van der Waals surface area (Å²) in [6.07, 6.45) is -4.03. The molecule has 0 amide bonds.